The fourth-order valence-corrected chi connectivity index (χ4v) is 2.62. The molecule has 1 atom stereocenters. The topological polar surface area (TPSA) is 69.6 Å². The number of carbonyl (C=O) groups excluding carboxylic acids is 2. The minimum absolute atomic E-state index is 0.00570. The summed E-state index contributed by atoms with van der Waals surface area (Å²) in [6.07, 6.45) is 0.759. The summed E-state index contributed by atoms with van der Waals surface area (Å²) in [7, 11) is 1.64. The van der Waals surface area contributed by atoms with Crippen LogP contribution in [0.25, 0.3) is 0 Å². The van der Waals surface area contributed by atoms with E-state index in [0.29, 0.717) is 18.7 Å². The fraction of sp³-hybridized carbons (Fsp3) is 0.467. The molecule has 2 N–H and O–H groups in total. The Morgan fingerprint density at radius 2 is 2.00 bits per heavy atom. The number of hydrogen-bond acceptors (Lipinski definition) is 4. The smallest absolute Gasteiger partial charge is 0.227 e. The van der Waals surface area contributed by atoms with Crippen LogP contribution in [0.15, 0.2) is 24.3 Å². The van der Waals surface area contributed by atoms with Gasteiger partial charge in [-0.1, -0.05) is 0 Å². The van der Waals surface area contributed by atoms with Crippen LogP contribution in [0.3, 0.4) is 0 Å². The molecule has 0 aromatic heterocycles. The number of amides is 1. The van der Waals surface area contributed by atoms with Gasteiger partial charge in [-0.2, -0.15) is 0 Å². The van der Waals surface area contributed by atoms with Gasteiger partial charge in [0.15, 0.2) is 5.78 Å². The maximum Gasteiger partial charge on any atom is 0.227 e. The van der Waals surface area contributed by atoms with Crippen molar-refractivity contribution in [3.8, 4) is 5.75 Å². The lowest BCUT2D eigenvalue weighted by Gasteiger charge is -2.22. The van der Waals surface area contributed by atoms with Gasteiger partial charge in [-0.05, 0) is 44.2 Å². The Balaban J connectivity index is 1.97. The molecule has 0 aliphatic carbocycles. The molecule has 5 nitrogen and oxygen atoms in total. The maximum atomic E-state index is 12.1. The molecule has 0 saturated carbocycles. The number of aromatic hydroxyl groups is 1. The van der Waals surface area contributed by atoms with E-state index in [2.05, 4.69) is 5.32 Å². The Labute approximate surface area is 118 Å². The van der Waals surface area contributed by atoms with Gasteiger partial charge in [0.25, 0.3) is 0 Å². The summed E-state index contributed by atoms with van der Waals surface area (Å²) in [4.78, 5) is 26.0. The van der Waals surface area contributed by atoms with Crippen LogP contribution >= 0.6 is 0 Å². The number of rotatable bonds is 4. The van der Waals surface area contributed by atoms with E-state index in [4.69, 9.17) is 0 Å². The number of nitrogens with one attached hydrogen (secondary N) is 1. The zero-order chi connectivity index (χ0) is 14.8. The number of hydrogen-bond donors (Lipinski definition) is 2. The van der Waals surface area contributed by atoms with Crippen molar-refractivity contribution in [1.29, 1.82) is 0 Å². The van der Waals surface area contributed by atoms with Crippen molar-refractivity contribution in [3.63, 3.8) is 0 Å². The second kappa shape index (κ2) is 5.63. The summed E-state index contributed by atoms with van der Waals surface area (Å²) in [5.74, 6) is 0.179. The SMILES string of the molecule is CNC(=O)C1(C)CCN(CC(=O)c2ccc(O)cc2)C1. The highest BCUT2D eigenvalue weighted by atomic mass is 16.3. The molecular formula is C15H20N2O3. The van der Waals surface area contributed by atoms with Gasteiger partial charge in [-0.15, -0.1) is 0 Å². The highest BCUT2D eigenvalue weighted by Crippen LogP contribution is 2.30. The predicted molar refractivity (Wildman–Crippen MR) is 75.7 cm³/mol. The van der Waals surface area contributed by atoms with Crippen molar-refractivity contribution in [1.82, 2.24) is 10.2 Å². The minimum atomic E-state index is -0.413. The molecule has 0 bridgehead atoms. The predicted octanol–water partition coefficient (Wildman–Crippen LogP) is 1.03. The minimum Gasteiger partial charge on any atom is -0.508 e. The Bertz CT molecular complexity index is 512. The van der Waals surface area contributed by atoms with E-state index in [1.54, 1.807) is 19.2 Å². The molecule has 0 spiro atoms. The molecule has 1 aromatic carbocycles. The largest absolute Gasteiger partial charge is 0.508 e. The molecule has 1 aromatic rings. The molecule has 1 amide bonds. The first-order valence-corrected chi connectivity index (χ1v) is 6.71. The second-order valence-electron chi connectivity index (χ2n) is 5.57. The summed E-state index contributed by atoms with van der Waals surface area (Å²) < 4.78 is 0. The number of ketones is 1. The van der Waals surface area contributed by atoms with Crippen molar-refractivity contribution in [2.75, 3.05) is 26.7 Å². The third kappa shape index (κ3) is 2.99. The van der Waals surface area contributed by atoms with Crippen LogP contribution in [0.4, 0.5) is 0 Å². The molecule has 1 aliphatic heterocycles. The molecule has 1 heterocycles. The van der Waals surface area contributed by atoms with Crippen LogP contribution in [0, 0.1) is 5.41 Å². The van der Waals surface area contributed by atoms with Crippen LogP contribution < -0.4 is 5.32 Å². The first-order chi connectivity index (χ1) is 9.44. The molecular weight excluding hydrogens is 256 g/mol. The molecule has 1 fully saturated rings. The van der Waals surface area contributed by atoms with Crippen LogP contribution in [0.2, 0.25) is 0 Å². The molecule has 0 radical (unpaired) electrons. The van der Waals surface area contributed by atoms with E-state index in [9.17, 15) is 14.7 Å². The van der Waals surface area contributed by atoms with Crippen LogP contribution in [0.1, 0.15) is 23.7 Å². The Kier molecular flexibility index (Phi) is 4.09. The van der Waals surface area contributed by atoms with Crippen LogP contribution in [-0.4, -0.2) is 48.4 Å². The first kappa shape index (κ1) is 14.5. The molecule has 20 heavy (non-hydrogen) atoms. The van der Waals surface area contributed by atoms with Gasteiger partial charge in [0.1, 0.15) is 5.75 Å². The van der Waals surface area contributed by atoms with Gasteiger partial charge in [0.2, 0.25) is 5.91 Å². The summed E-state index contributed by atoms with van der Waals surface area (Å²) in [5.41, 5.74) is 0.167. The van der Waals surface area contributed by atoms with E-state index < -0.39 is 5.41 Å². The second-order valence-corrected chi connectivity index (χ2v) is 5.57. The van der Waals surface area contributed by atoms with Gasteiger partial charge in [-0.25, -0.2) is 0 Å². The highest BCUT2D eigenvalue weighted by Gasteiger charge is 2.40. The maximum absolute atomic E-state index is 12.1. The number of benzene rings is 1. The van der Waals surface area contributed by atoms with Crippen molar-refractivity contribution >= 4 is 11.7 Å². The summed E-state index contributed by atoms with van der Waals surface area (Å²) in [5, 5.41) is 11.9. The van der Waals surface area contributed by atoms with Gasteiger partial charge >= 0.3 is 0 Å². The standard InChI is InChI=1S/C15H20N2O3/c1-15(14(20)16-2)7-8-17(10-15)9-13(19)11-3-5-12(18)6-4-11/h3-6,18H,7-10H2,1-2H3,(H,16,20). The van der Waals surface area contributed by atoms with Crippen LogP contribution in [-0.2, 0) is 4.79 Å². The van der Waals surface area contributed by atoms with Crippen molar-refractivity contribution in [2.24, 2.45) is 5.41 Å². The number of nitrogens with zero attached hydrogens (tertiary/aromatic N) is 1. The van der Waals surface area contributed by atoms with Gasteiger partial charge < -0.3 is 10.4 Å². The highest BCUT2D eigenvalue weighted by molar-refractivity contribution is 5.97. The van der Waals surface area contributed by atoms with Gasteiger partial charge in [-0.3, -0.25) is 14.5 Å². The molecule has 108 valence electrons. The Hall–Kier alpha value is -1.88. The van der Waals surface area contributed by atoms with E-state index in [1.165, 1.54) is 12.1 Å². The Morgan fingerprint density at radius 3 is 2.60 bits per heavy atom. The third-order valence-corrected chi connectivity index (χ3v) is 3.88. The lowest BCUT2D eigenvalue weighted by molar-refractivity contribution is -0.129. The Morgan fingerprint density at radius 1 is 1.35 bits per heavy atom. The first-order valence-electron chi connectivity index (χ1n) is 6.71. The fourth-order valence-electron chi connectivity index (χ4n) is 2.62. The lowest BCUT2D eigenvalue weighted by Crippen LogP contribution is -2.40. The van der Waals surface area contributed by atoms with E-state index in [1.807, 2.05) is 11.8 Å². The van der Waals surface area contributed by atoms with Gasteiger partial charge in [0.05, 0.1) is 12.0 Å². The van der Waals surface area contributed by atoms with E-state index >= 15 is 0 Å². The molecule has 1 unspecified atom stereocenters. The number of Topliss-reactive ketones (excluding diaryl/α,β-unsaturated/α-hetero) is 1. The van der Waals surface area contributed by atoms with E-state index in [0.717, 1.165) is 13.0 Å². The lowest BCUT2D eigenvalue weighted by atomic mass is 9.89. The molecule has 1 saturated heterocycles. The monoisotopic (exact) mass is 276 g/mol. The number of likely N-dealkylation sites (tertiary alicyclic amines) is 1. The average molecular weight is 276 g/mol. The van der Waals surface area contributed by atoms with Crippen molar-refractivity contribution < 1.29 is 14.7 Å². The summed E-state index contributed by atoms with van der Waals surface area (Å²) in [6.45, 7) is 3.57. The summed E-state index contributed by atoms with van der Waals surface area (Å²) >= 11 is 0. The number of phenolic OH excluding ortho intramolecular Hbond substituents is 1. The zero-order valence-corrected chi connectivity index (χ0v) is 11.8. The normalized spacial score (nSPS) is 22.7. The molecule has 1 aliphatic rings. The number of phenols is 1. The number of carbonyl (C=O) groups is 2. The quantitative estimate of drug-likeness (QED) is 0.806. The summed E-state index contributed by atoms with van der Waals surface area (Å²) in [6, 6.07) is 6.25. The van der Waals surface area contributed by atoms with E-state index in [-0.39, 0.29) is 17.4 Å². The average Bonchev–Trinajstić information content (AvgIpc) is 2.81. The molecule has 2 rings (SSSR count). The van der Waals surface area contributed by atoms with Crippen molar-refractivity contribution in [3.05, 3.63) is 29.8 Å². The third-order valence-electron chi connectivity index (χ3n) is 3.88. The van der Waals surface area contributed by atoms with Crippen molar-refractivity contribution in [2.45, 2.75) is 13.3 Å². The van der Waals surface area contributed by atoms with Gasteiger partial charge in [0, 0.05) is 19.2 Å². The molecule has 5 heteroatoms. The zero-order valence-electron chi connectivity index (χ0n) is 11.8. The van der Waals surface area contributed by atoms with Crippen LogP contribution in [0.5, 0.6) is 5.75 Å².